The molecule has 1 atom stereocenters. The first-order valence-corrected chi connectivity index (χ1v) is 4.79. The molecule has 0 heterocycles. The van der Waals surface area contributed by atoms with E-state index in [-0.39, 0.29) is 0 Å². The molecule has 0 fully saturated rings. The summed E-state index contributed by atoms with van der Waals surface area (Å²) in [6.45, 7) is 3.61. The number of aliphatic hydroxyl groups is 1. The van der Waals surface area contributed by atoms with Crippen LogP contribution in [0.4, 0.5) is 0 Å². The second-order valence-corrected chi connectivity index (χ2v) is 2.89. The first-order valence-electron chi connectivity index (χ1n) is 4.79. The Hall–Kier alpha value is -1.36. The van der Waals surface area contributed by atoms with Gasteiger partial charge >= 0.3 is 11.9 Å². The highest BCUT2D eigenvalue weighted by atomic mass is 16.6. The van der Waals surface area contributed by atoms with E-state index in [1.54, 1.807) is 0 Å². The summed E-state index contributed by atoms with van der Waals surface area (Å²) >= 11 is 0. The minimum atomic E-state index is -1.18. The Morgan fingerprint density at radius 1 is 1.33 bits per heavy atom. The molecule has 0 aromatic rings. The molecule has 0 aliphatic heterocycles. The molecule has 0 bridgehead atoms. The lowest BCUT2D eigenvalue weighted by atomic mass is 10.4. The second kappa shape index (κ2) is 7.99. The predicted molar refractivity (Wildman–Crippen MR) is 52.8 cm³/mol. The van der Waals surface area contributed by atoms with E-state index in [4.69, 9.17) is 9.84 Å². The summed E-state index contributed by atoms with van der Waals surface area (Å²) in [5.41, 5.74) is 0. The van der Waals surface area contributed by atoms with Crippen molar-refractivity contribution in [1.82, 2.24) is 0 Å². The van der Waals surface area contributed by atoms with Crippen molar-refractivity contribution in [3.63, 3.8) is 0 Å². The molecule has 0 rings (SSSR count). The Morgan fingerprint density at radius 3 is 2.47 bits per heavy atom. The molecule has 0 aromatic heterocycles. The second-order valence-electron chi connectivity index (χ2n) is 2.89. The average molecular weight is 216 g/mol. The Morgan fingerprint density at radius 2 is 1.93 bits per heavy atom. The van der Waals surface area contributed by atoms with Crippen LogP contribution in [0.1, 0.15) is 26.7 Å². The first kappa shape index (κ1) is 13.6. The fourth-order valence-electron chi connectivity index (χ4n) is 0.709. The molecule has 86 valence electrons. The maximum absolute atomic E-state index is 10.9. The maximum Gasteiger partial charge on any atom is 0.333 e. The third-order valence-electron chi connectivity index (χ3n) is 1.38. The van der Waals surface area contributed by atoms with Crippen LogP contribution >= 0.6 is 0 Å². The van der Waals surface area contributed by atoms with Gasteiger partial charge in [0.2, 0.25) is 0 Å². The zero-order valence-corrected chi connectivity index (χ0v) is 8.93. The number of rotatable bonds is 6. The standard InChI is InChI=1S/C10H16O5/c1-3-4-7-14-9(12)5-6-10(13)15-8(2)11/h5-6,8,11H,3-4,7H2,1-2H3/b6-5-. The molecular formula is C10H16O5. The summed E-state index contributed by atoms with van der Waals surface area (Å²) in [5, 5.41) is 8.67. The van der Waals surface area contributed by atoms with E-state index in [0.29, 0.717) is 6.61 Å². The normalized spacial score (nSPS) is 12.5. The van der Waals surface area contributed by atoms with Crippen LogP contribution in [-0.2, 0) is 19.1 Å². The molecule has 0 spiro atoms. The summed E-state index contributed by atoms with van der Waals surface area (Å²) in [6, 6.07) is 0. The molecule has 5 heteroatoms. The van der Waals surface area contributed by atoms with Crippen LogP contribution in [0, 0.1) is 0 Å². The van der Waals surface area contributed by atoms with Crippen molar-refractivity contribution < 1.29 is 24.2 Å². The van der Waals surface area contributed by atoms with E-state index in [0.717, 1.165) is 25.0 Å². The van der Waals surface area contributed by atoms with Crippen molar-refractivity contribution in [1.29, 1.82) is 0 Å². The lowest BCUT2D eigenvalue weighted by Gasteiger charge is -2.02. The van der Waals surface area contributed by atoms with Crippen molar-refractivity contribution >= 4 is 11.9 Å². The minimum absolute atomic E-state index is 0.338. The highest BCUT2D eigenvalue weighted by molar-refractivity contribution is 5.91. The summed E-state index contributed by atoms with van der Waals surface area (Å²) in [4.78, 5) is 21.7. The monoisotopic (exact) mass is 216 g/mol. The number of hydrogen-bond donors (Lipinski definition) is 1. The van der Waals surface area contributed by atoms with Crippen LogP contribution in [-0.4, -0.2) is 29.9 Å². The summed E-state index contributed by atoms with van der Waals surface area (Å²) < 4.78 is 9.09. The van der Waals surface area contributed by atoms with Crippen LogP contribution in [0.15, 0.2) is 12.2 Å². The number of hydrogen-bond acceptors (Lipinski definition) is 5. The quantitative estimate of drug-likeness (QED) is 0.307. The topological polar surface area (TPSA) is 72.8 Å². The van der Waals surface area contributed by atoms with Gasteiger partial charge in [-0.3, -0.25) is 0 Å². The van der Waals surface area contributed by atoms with E-state index in [1.807, 2.05) is 6.92 Å². The lowest BCUT2D eigenvalue weighted by molar-refractivity contribution is -0.158. The van der Waals surface area contributed by atoms with E-state index in [1.165, 1.54) is 6.92 Å². The Kier molecular flexibility index (Phi) is 7.27. The van der Waals surface area contributed by atoms with Gasteiger partial charge in [0.15, 0.2) is 6.29 Å². The van der Waals surface area contributed by atoms with Gasteiger partial charge in [-0.1, -0.05) is 13.3 Å². The molecule has 15 heavy (non-hydrogen) atoms. The van der Waals surface area contributed by atoms with E-state index < -0.39 is 18.2 Å². The van der Waals surface area contributed by atoms with E-state index >= 15 is 0 Å². The smallest absolute Gasteiger partial charge is 0.333 e. The van der Waals surface area contributed by atoms with Crippen molar-refractivity contribution in [2.45, 2.75) is 33.0 Å². The number of ether oxygens (including phenoxy) is 2. The highest BCUT2D eigenvalue weighted by Gasteiger charge is 2.03. The van der Waals surface area contributed by atoms with Crippen LogP contribution in [0.3, 0.4) is 0 Å². The van der Waals surface area contributed by atoms with Gasteiger partial charge in [0, 0.05) is 12.2 Å². The Labute approximate surface area is 88.7 Å². The van der Waals surface area contributed by atoms with Gasteiger partial charge < -0.3 is 14.6 Å². The molecule has 0 amide bonds. The maximum atomic E-state index is 10.9. The van der Waals surface area contributed by atoms with E-state index in [9.17, 15) is 9.59 Å². The molecule has 0 aliphatic rings. The molecule has 1 unspecified atom stereocenters. The number of esters is 2. The Bertz CT molecular complexity index is 232. The van der Waals surface area contributed by atoms with Crippen molar-refractivity contribution in [2.75, 3.05) is 6.61 Å². The number of carbonyl (C=O) groups is 2. The fourth-order valence-corrected chi connectivity index (χ4v) is 0.709. The van der Waals surface area contributed by atoms with Gasteiger partial charge in [0.25, 0.3) is 0 Å². The molecule has 0 aliphatic carbocycles. The largest absolute Gasteiger partial charge is 0.463 e. The highest BCUT2D eigenvalue weighted by Crippen LogP contribution is 1.91. The molecule has 0 saturated carbocycles. The van der Waals surface area contributed by atoms with Gasteiger partial charge in [-0.05, 0) is 13.3 Å². The number of aliphatic hydroxyl groups excluding tert-OH is 1. The molecule has 5 nitrogen and oxygen atoms in total. The molecule has 0 radical (unpaired) electrons. The van der Waals surface area contributed by atoms with Crippen molar-refractivity contribution in [3.05, 3.63) is 12.2 Å². The first-order chi connectivity index (χ1) is 7.06. The van der Waals surface area contributed by atoms with Crippen molar-refractivity contribution in [2.24, 2.45) is 0 Å². The van der Waals surface area contributed by atoms with Crippen LogP contribution in [0.2, 0.25) is 0 Å². The van der Waals surface area contributed by atoms with Crippen LogP contribution < -0.4 is 0 Å². The zero-order chi connectivity index (χ0) is 11.7. The van der Waals surface area contributed by atoms with Crippen LogP contribution in [0.25, 0.3) is 0 Å². The third kappa shape index (κ3) is 8.96. The fraction of sp³-hybridized carbons (Fsp3) is 0.600. The lowest BCUT2D eigenvalue weighted by Crippen LogP contribution is -2.12. The molecule has 0 aromatic carbocycles. The molecular weight excluding hydrogens is 200 g/mol. The summed E-state index contributed by atoms with van der Waals surface area (Å²) in [5.74, 6) is -1.37. The van der Waals surface area contributed by atoms with Crippen LogP contribution in [0.5, 0.6) is 0 Å². The summed E-state index contributed by atoms with van der Waals surface area (Å²) in [6.07, 6.45) is 2.43. The number of unbranched alkanes of at least 4 members (excludes halogenated alkanes) is 1. The predicted octanol–water partition coefficient (Wildman–Crippen LogP) is 0.767. The molecule has 0 saturated heterocycles. The SMILES string of the molecule is CCCCOC(=O)/C=C\C(=O)OC(C)O. The minimum Gasteiger partial charge on any atom is -0.463 e. The Balaban J connectivity index is 3.74. The van der Waals surface area contributed by atoms with Gasteiger partial charge in [0.1, 0.15) is 0 Å². The molecule has 1 N–H and O–H groups in total. The van der Waals surface area contributed by atoms with Crippen molar-refractivity contribution in [3.8, 4) is 0 Å². The van der Waals surface area contributed by atoms with Gasteiger partial charge in [-0.15, -0.1) is 0 Å². The zero-order valence-electron chi connectivity index (χ0n) is 8.93. The van der Waals surface area contributed by atoms with E-state index in [2.05, 4.69) is 4.74 Å². The van der Waals surface area contributed by atoms with Gasteiger partial charge in [-0.2, -0.15) is 0 Å². The summed E-state index contributed by atoms with van der Waals surface area (Å²) in [7, 11) is 0. The number of carbonyl (C=O) groups excluding carboxylic acids is 2. The third-order valence-corrected chi connectivity index (χ3v) is 1.38. The average Bonchev–Trinajstić information content (AvgIpc) is 2.14. The van der Waals surface area contributed by atoms with Gasteiger partial charge in [-0.25, -0.2) is 9.59 Å². The van der Waals surface area contributed by atoms with Gasteiger partial charge in [0.05, 0.1) is 6.61 Å².